The van der Waals surface area contributed by atoms with Crippen LogP contribution in [0.25, 0.3) is 10.4 Å². The van der Waals surface area contributed by atoms with Crippen molar-refractivity contribution >= 4 is 5.69 Å². The van der Waals surface area contributed by atoms with Crippen LogP contribution >= 0.6 is 0 Å². The zero-order chi connectivity index (χ0) is 17.2. The van der Waals surface area contributed by atoms with Gasteiger partial charge in [0.1, 0.15) is 5.82 Å². The Balaban J connectivity index is 1.86. The van der Waals surface area contributed by atoms with Crippen LogP contribution in [0.5, 0.6) is 0 Å². The number of halogens is 1. The molecule has 0 aromatic heterocycles. The van der Waals surface area contributed by atoms with Crippen molar-refractivity contribution in [1.29, 1.82) is 0 Å². The lowest BCUT2D eigenvalue weighted by molar-refractivity contribution is 0.262. The molecule has 0 heterocycles. The lowest BCUT2D eigenvalue weighted by Crippen LogP contribution is -2.25. The van der Waals surface area contributed by atoms with Gasteiger partial charge in [0, 0.05) is 17.1 Å². The molecule has 0 aliphatic heterocycles. The summed E-state index contributed by atoms with van der Waals surface area (Å²) in [6.45, 7) is 5.11. The Kier molecular flexibility index (Phi) is 7.27. The highest BCUT2D eigenvalue weighted by Gasteiger charge is 2.05. The summed E-state index contributed by atoms with van der Waals surface area (Å²) in [5, 5.41) is 3.59. The molecule has 0 fully saturated rings. The molecule has 0 aliphatic carbocycles. The number of nitrogens with zero attached hydrogens (tertiary/aromatic N) is 4. The molecule has 0 saturated carbocycles. The zero-order valence-corrected chi connectivity index (χ0v) is 14.0. The summed E-state index contributed by atoms with van der Waals surface area (Å²) in [6.07, 6.45) is 3.10. The third-order valence-electron chi connectivity index (χ3n) is 3.90. The third-order valence-corrected chi connectivity index (χ3v) is 3.90. The van der Waals surface area contributed by atoms with Gasteiger partial charge in [0.2, 0.25) is 0 Å². The molecule has 2 aromatic rings. The SMILES string of the molecule is CCCN(CCCc1ccc(F)cc1)Cc1ccc(N=[N+]=[N-])cc1. The van der Waals surface area contributed by atoms with Gasteiger partial charge in [-0.25, -0.2) is 4.39 Å². The van der Waals surface area contributed by atoms with Crippen molar-refractivity contribution in [3.05, 3.63) is 75.9 Å². The minimum Gasteiger partial charge on any atom is -0.299 e. The average molecular weight is 326 g/mol. The van der Waals surface area contributed by atoms with Crippen molar-refractivity contribution in [2.24, 2.45) is 5.11 Å². The summed E-state index contributed by atoms with van der Waals surface area (Å²) in [5.41, 5.74) is 11.5. The van der Waals surface area contributed by atoms with Crippen LogP contribution < -0.4 is 0 Å². The third kappa shape index (κ3) is 6.03. The molecule has 4 nitrogen and oxygen atoms in total. The number of azide groups is 1. The van der Waals surface area contributed by atoms with E-state index in [2.05, 4.69) is 21.8 Å². The first-order valence-corrected chi connectivity index (χ1v) is 8.32. The molecule has 0 spiro atoms. The van der Waals surface area contributed by atoms with E-state index in [0.29, 0.717) is 5.69 Å². The monoisotopic (exact) mass is 326 g/mol. The van der Waals surface area contributed by atoms with Crippen LogP contribution in [-0.4, -0.2) is 18.0 Å². The van der Waals surface area contributed by atoms with Gasteiger partial charge < -0.3 is 0 Å². The Bertz CT molecular complexity index is 661. The van der Waals surface area contributed by atoms with Gasteiger partial charge in [-0.1, -0.05) is 48.4 Å². The Labute approximate surface area is 142 Å². The van der Waals surface area contributed by atoms with Crippen LogP contribution in [0.2, 0.25) is 0 Å². The largest absolute Gasteiger partial charge is 0.299 e. The number of benzene rings is 2. The summed E-state index contributed by atoms with van der Waals surface area (Å²) in [5.74, 6) is -0.185. The predicted molar refractivity (Wildman–Crippen MR) is 95.5 cm³/mol. The molecule has 0 saturated heterocycles. The van der Waals surface area contributed by atoms with Crippen molar-refractivity contribution in [2.75, 3.05) is 13.1 Å². The maximum absolute atomic E-state index is 12.9. The standard InChI is InChI=1S/C19H23FN4/c1-2-13-24(14-3-4-16-5-9-18(20)10-6-16)15-17-7-11-19(12-8-17)22-23-21/h5-12H,2-4,13-15H2,1H3. The summed E-state index contributed by atoms with van der Waals surface area (Å²) >= 11 is 0. The smallest absolute Gasteiger partial charge is 0.123 e. The van der Waals surface area contributed by atoms with Gasteiger partial charge in [0.25, 0.3) is 0 Å². The first-order chi connectivity index (χ1) is 11.7. The van der Waals surface area contributed by atoms with E-state index in [0.717, 1.165) is 38.9 Å². The number of aryl methyl sites for hydroxylation is 1. The Morgan fingerprint density at radius 2 is 1.67 bits per heavy atom. The molecule has 0 N–H and O–H groups in total. The molecule has 0 amide bonds. The van der Waals surface area contributed by atoms with Gasteiger partial charge in [-0.3, -0.25) is 4.90 Å². The molecule has 5 heteroatoms. The summed E-state index contributed by atoms with van der Waals surface area (Å²) < 4.78 is 12.9. The molecule has 0 unspecified atom stereocenters. The molecule has 0 aliphatic rings. The van der Waals surface area contributed by atoms with Gasteiger partial charge >= 0.3 is 0 Å². The highest BCUT2D eigenvalue weighted by molar-refractivity contribution is 5.38. The van der Waals surface area contributed by atoms with Crippen LogP contribution in [0.4, 0.5) is 10.1 Å². The highest BCUT2D eigenvalue weighted by atomic mass is 19.1. The molecule has 2 aromatic carbocycles. The van der Waals surface area contributed by atoms with E-state index in [1.165, 1.54) is 23.3 Å². The normalized spacial score (nSPS) is 10.6. The van der Waals surface area contributed by atoms with Crippen LogP contribution in [0.3, 0.4) is 0 Å². The van der Waals surface area contributed by atoms with Crippen LogP contribution in [0, 0.1) is 5.82 Å². The highest BCUT2D eigenvalue weighted by Crippen LogP contribution is 2.15. The number of hydrogen-bond donors (Lipinski definition) is 0. The lowest BCUT2D eigenvalue weighted by Gasteiger charge is -2.22. The van der Waals surface area contributed by atoms with Crippen molar-refractivity contribution in [3.8, 4) is 0 Å². The summed E-state index contributed by atoms with van der Waals surface area (Å²) in [7, 11) is 0. The fourth-order valence-electron chi connectivity index (χ4n) is 2.72. The minimum atomic E-state index is -0.185. The molecular formula is C19H23FN4. The van der Waals surface area contributed by atoms with E-state index in [1.807, 2.05) is 36.4 Å². The van der Waals surface area contributed by atoms with Crippen LogP contribution in [0.1, 0.15) is 30.9 Å². The van der Waals surface area contributed by atoms with E-state index in [9.17, 15) is 4.39 Å². The van der Waals surface area contributed by atoms with Gasteiger partial charge in [-0.05, 0) is 61.1 Å². The van der Waals surface area contributed by atoms with E-state index < -0.39 is 0 Å². The number of hydrogen-bond acceptors (Lipinski definition) is 2. The van der Waals surface area contributed by atoms with Crippen molar-refractivity contribution in [3.63, 3.8) is 0 Å². The van der Waals surface area contributed by atoms with Gasteiger partial charge in [0.05, 0.1) is 0 Å². The quantitative estimate of drug-likeness (QED) is 0.335. The van der Waals surface area contributed by atoms with E-state index in [-0.39, 0.29) is 5.82 Å². The fraction of sp³-hybridized carbons (Fsp3) is 0.368. The van der Waals surface area contributed by atoms with Gasteiger partial charge in [-0.15, -0.1) is 0 Å². The van der Waals surface area contributed by atoms with Crippen molar-refractivity contribution < 1.29 is 4.39 Å². The van der Waals surface area contributed by atoms with E-state index >= 15 is 0 Å². The van der Waals surface area contributed by atoms with Crippen LogP contribution in [0.15, 0.2) is 53.6 Å². The Morgan fingerprint density at radius 3 is 2.29 bits per heavy atom. The fourth-order valence-corrected chi connectivity index (χ4v) is 2.72. The molecule has 2 rings (SSSR count). The zero-order valence-electron chi connectivity index (χ0n) is 14.0. The van der Waals surface area contributed by atoms with Crippen molar-refractivity contribution in [2.45, 2.75) is 32.7 Å². The number of rotatable bonds is 9. The Hall–Kier alpha value is -2.36. The van der Waals surface area contributed by atoms with Gasteiger partial charge in [0.15, 0.2) is 0 Å². The van der Waals surface area contributed by atoms with Crippen molar-refractivity contribution in [1.82, 2.24) is 4.90 Å². The van der Waals surface area contributed by atoms with E-state index in [1.54, 1.807) is 0 Å². The summed E-state index contributed by atoms with van der Waals surface area (Å²) in [4.78, 5) is 5.21. The first-order valence-electron chi connectivity index (χ1n) is 8.32. The average Bonchev–Trinajstić information content (AvgIpc) is 2.59. The second-order valence-electron chi connectivity index (χ2n) is 5.86. The maximum atomic E-state index is 12.9. The predicted octanol–water partition coefficient (Wildman–Crippen LogP) is 5.61. The molecule has 24 heavy (non-hydrogen) atoms. The van der Waals surface area contributed by atoms with Gasteiger partial charge in [-0.2, -0.15) is 0 Å². The molecule has 0 radical (unpaired) electrons. The maximum Gasteiger partial charge on any atom is 0.123 e. The van der Waals surface area contributed by atoms with E-state index in [4.69, 9.17) is 5.53 Å². The summed E-state index contributed by atoms with van der Waals surface area (Å²) in [6, 6.07) is 14.4. The first kappa shape index (κ1) is 18.0. The molecule has 126 valence electrons. The lowest BCUT2D eigenvalue weighted by atomic mass is 10.1. The molecule has 0 atom stereocenters. The molecular weight excluding hydrogens is 303 g/mol. The van der Waals surface area contributed by atoms with Crippen LogP contribution in [-0.2, 0) is 13.0 Å². The molecule has 0 bridgehead atoms. The second-order valence-corrected chi connectivity index (χ2v) is 5.86. The second kappa shape index (κ2) is 9.71. The Morgan fingerprint density at radius 1 is 1.00 bits per heavy atom. The minimum absolute atomic E-state index is 0.185. The topological polar surface area (TPSA) is 52.0 Å².